The Morgan fingerprint density at radius 3 is 2.50 bits per heavy atom. The molecule has 1 unspecified atom stereocenters. The van der Waals surface area contributed by atoms with Crippen LogP contribution in [0.2, 0.25) is 5.02 Å². The van der Waals surface area contributed by atoms with E-state index in [-0.39, 0.29) is 11.3 Å². The van der Waals surface area contributed by atoms with E-state index in [2.05, 4.69) is 0 Å². The molecule has 0 aliphatic carbocycles. The average molecular weight is 478 g/mol. The van der Waals surface area contributed by atoms with Crippen molar-refractivity contribution in [1.82, 2.24) is 0 Å². The second-order valence-corrected chi connectivity index (χ2v) is 8.24. The quantitative estimate of drug-likeness (QED) is 0.281. The highest BCUT2D eigenvalue weighted by atomic mass is 35.5. The minimum Gasteiger partial charge on any atom is -0.507 e. The molecule has 0 spiro atoms. The third-order valence-electron chi connectivity index (χ3n) is 5.66. The van der Waals surface area contributed by atoms with Gasteiger partial charge in [-0.2, -0.15) is 0 Å². The van der Waals surface area contributed by atoms with E-state index in [0.717, 1.165) is 5.56 Å². The molecule has 1 aliphatic rings. The second kappa shape index (κ2) is 9.61. The number of rotatable bonds is 6. The van der Waals surface area contributed by atoms with Gasteiger partial charge in [-0.3, -0.25) is 14.5 Å². The van der Waals surface area contributed by atoms with E-state index in [9.17, 15) is 14.7 Å². The number of ether oxygens (including phenoxy) is 2. The number of halogens is 1. The third kappa shape index (κ3) is 4.13. The summed E-state index contributed by atoms with van der Waals surface area (Å²) in [5.74, 6) is -0.981. The number of methoxy groups -OCH3 is 1. The summed E-state index contributed by atoms with van der Waals surface area (Å²) in [6.07, 6.45) is 0. The second-order valence-electron chi connectivity index (χ2n) is 7.83. The van der Waals surface area contributed by atoms with Gasteiger partial charge in [-0.15, -0.1) is 0 Å². The standard InChI is InChI=1S/C27H24ClNO5/c1-4-34-22-15-17(12-13-20(22)28)25(30)23-24(19-10-5-6-11-21(19)33-3)29(27(32)26(23)31)18-9-7-8-16(2)14-18/h5-15,24,30H,4H2,1-3H3/b25-23+. The summed E-state index contributed by atoms with van der Waals surface area (Å²) in [7, 11) is 1.52. The zero-order chi connectivity index (χ0) is 24.4. The predicted molar refractivity (Wildman–Crippen MR) is 132 cm³/mol. The van der Waals surface area contributed by atoms with E-state index in [1.165, 1.54) is 12.0 Å². The van der Waals surface area contributed by atoms with Crippen molar-refractivity contribution in [3.63, 3.8) is 0 Å². The van der Waals surface area contributed by atoms with Gasteiger partial charge < -0.3 is 14.6 Å². The lowest BCUT2D eigenvalue weighted by atomic mass is 9.94. The molecule has 1 N–H and O–H groups in total. The number of anilines is 1. The Hall–Kier alpha value is -3.77. The molecule has 0 radical (unpaired) electrons. The van der Waals surface area contributed by atoms with Crippen molar-refractivity contribution in [2.75, 3.05) is 18.6 Å². The molecule has 1 aliphatic heterocycles. The van der Waals surface area contributed by atoms with E-state index < -0.39 is 17.7 Å². The van der Waals surface area contributed by atoms with Gasteiger partial charge >= 0.3 is 0 Å². The van der Waals surface area contributed by atoms with Crippen LogP contribution >= 0.6 is 11.6 Å². The molecule has 1 heterocycles. The first-order valence-electron chi connectivity index (χ1n) is 10.8. The van der Waals surface area contributed by atoms with E-state index in [4.69, 9.17) is 21.1 Å². The molecule has 3 aromatic rings. The fraction of sp³-hybridized carbons (Fsp3) is 0.185. The molecule has 0 saturated carbocycles. The van der Waals surface area contributed by atoms with Crippen molar-refractivity contribution < 1.29 is 24.2 Å². The molecular weight excluding hydrogens is 454 g/mol. The Kier molecular flexibility index (Phi) is 6.61. The Balaban J connectivity index is 1.97. The number of carbonyl (C=O) groups is 2. The van der Waals surface area contributed by atoms with E-state index in [1.54, 1.807) is 48.5 Å². The minimum atomic E-state index is -0.899. The van der Waals surface area contributed by atoms with Crippen LogP contribution in [-0.4, -0.2) is 30.5 Å². The number of Topliss-reactive ketones (excluding diaryl/α,β-unsaturated/α-hetero) is 1. The van der Waals surface area contributed by atoms with Gasteiger partial charge in [0, 0.05) is 16.8 Å². The zero-order valence-corrected chi connectivity index (χ0v) is 19.8. The number of aryl methyl sites for hydroxylation is 1. The van der Waals surface area contributed by atoms with Gasteiger partial charge in [0.25, 0.3) is 11.7 Å². The third-order valence-corrected chi connectivity index (χ3v) is 5.97. The molecule has 0 bridgehead atoms. The molecule has 4 rings (SSSR count). The summed E-state index contributed by atoms with van der Waals surface area (Å²) < 4.78 is 11.1. The number of ketones is 1. The number of para-hydroxylation sites is 1. The maximum Gasteiger partial charge on any atom is 0.300 e. The minimum absolute atomic E-state index is 0.0409. The van der Waals surface area contributed by atoms with Crippen LogP contribution in [0.25, 0.3) is 5.76 Å². The summed E-state index contributed by atoms with van der Waals surface area (Å²) in [5, 5.41) is 11.7. The highest BCUT2D eigenvalue weighted by Crippen LogP contribution is 2.45. The fourth-order valence-electron chi connectivity index (χ4n) is 4.14. The van der Waals surface area contributed by atoms with Crippen LogP contribution < -0.4 is 14.4 Å². The van der Waals surface area contributed by atoms with Crippen molar-refractivity contribution in [3.05, 3.63) is 94.0 Å². The number of aliphatic hydroxyl groups is 1. The Labute approximate surface area is 203 Å². The Morgan fingerprint density at radius 2 is 1.79 bits per heavy atom. The van der Waals surface area contributed by atoms with Gasteiger partial charge in [0.1, 0.15) is 17.3 Å². The number of hydrogen-bond donors (Lipinski definition) is 1. The average Bonchev–Trinajstić information content (AvgIpc) is 3.10. The molecule has 34 heavy (non-hydrogen) atoms. The number of hydrogen-bond acceptors (Lipinski definition) is 5. The lowest BCUT2D eigenvalue weighted by Gasteiger charge is -2.27. The topological polar surface area (TPSA) is 76.1 Å². The fourth-order valence-corrected chi connectivity index (χ4v) is 4.31. The van der Waals surface area contributed by atoms with Crippen molar-refractivity contribution in [2.24, 2.45) is 0 Å². The highest BCUT2D eigenvalue weighted by Gasteiger charge is 2.48. The number of nitrogens with zero attached hydrogens (tertiary/aromatic N) is 1. The van der Waals surface area contributed by atoms with Gasteiger partial charge in [0.2, 0.25) is 0 Å². The van der Waals surface area contributed by atoms with Crippen LogP contribution in [-0.2, 0) is 9.59 Å². The molecule has 174 valence electrons. The molecule has 1 atom stereocenters. The predicted octanol–water partition coefficient (Wildman–Crippen LogP) is 5.68. The Bertz CT molecular complexity index is 1300. The maximum atomic E-state index is 13.3. The van der Waals surface area contributed by atoms with Crippen LogP contribution in [0.1, 0.15) is 29.7 Å². The first-order chi connectivity index (χ1) is 16.4. The van der Waals surface area contributed by atoms with Gasteiger partial charge in [-0.05, 0) is 55.8 Å². The molecule has 1 saturated heterocycles. The van der Waals surface area contributed by atoms with E-state index in [0.29, 0.717) is 39.9 Å². The van der Waals surface area contributed by atoms with E-state index >= 15 is 0 Å². The van der Waals surface area contributed by atoms with Gasteiger partial charge in [0.15, 0.2) is 0 Å². The lowest BCUT2D eigenvalue weighted by Crippen LogP contribution is -2.29. The van der Waals surface area contributed by atoms with Crippen molar-refractivity contribution in [3.8, 4) is 11.5 Å². The lowest BCUT2D eigenvalue weighted by molar-refractivity contribution is -0.132. The molecule has 1 fully saturated rings. The molecule has 6 nitrogen and oxygen atoms in total. The highest BCUT2D eigenvalue weighted by molar-refractivity contribution is 6.51. The van der Waals surface area contributed by atoms with Crippen molar-refractivity contribution >= 4 is 34.7 Å². The normalized spacial score (nSPS) is 17.2. The van der Waals surface area contributed by atoms with Crippen LogP contribution in [0, 0.1) is 6.92 Å². The summed E-state index contributed by atoms with van der Waals surface area (Å²) >= 11 is 6.20. The van der Waals surface area contributed by atoms with Crippen LogP contribution in [0.4, 0.5) is 5.69 Å². The maximum absolute atomic E-state index is 13.3. The van der Waals surface area contributed by atoms with Crippen LogP contribution in [0.15, 0.2) is 72.3 Å². The molecule has 1 amide bonds. The molecule has 7 heteroatoms. The summed E-state index contributed by atoms with van der Waals surface area (Å²) in [4.78, 5) is 28.1. The van der Waals surface area contributed by atoms with Gasteiger partial charge in [0.05, 0.1) is 30.4 Å². The van der Waals surface area contributed by atoms with Crippen LogP contribution in [0.3, 0.4) is 0 Å². The number of amides is 1. The first kappa shape index (κ1) is 23.4. The smallest absolute Gasteiger partial charge is 0.300 e. The van der Waals surface area contributed by atoms with Crippen molar-refractivity contribution in [2.45, 2.75) is 19.9 Å². The number of benzene rings is 3. The SMILES string of the molecule is CCOc1cc(/C(O)=C2\C(=O)C(=O)N(c3cccc(C)c3)C2c2ccccc2OC)ccc1Cl. The molecular formula is C27H24ClNO5. The first-order valence-corrected chi connectivity index (χ1v) is 11.2. The van der Waals surface area contributed by atoms with Gasteiger partial charge in [-0.1, -0.05) is 41.9 Å². The van der Waals surface area contributed by atoms with E-state index in [1.807, 2.05) is 32.0 Å². The zero-order valence-electron chi connectivity index (χ0n) is 19.0. The Morgan fingerprint density at radius 1 is 1.03 bits per heavy atom. The monoisotopic (exact) mass is 477 g/mol. The largest absolute Gasteiger partial charge is 0.507 e. The summed E-state index contributed by atoms with van der Waals surface area (Å²) in [6, 6.07) is 18.2. The summed E-state index contributed by atoms with van der Waals surface area (Å²) in [5.41, 5.74) is 2.32. The summed E-state index contributed by atoms with van der Waals surface area (Å²) in [6.45, 7) is 4.10. The van der Waals surface area contributed by atoms with Gasteiger partial charge in [-0.25, -0.2) is 0 Å². The van der Waals surface area contributed by atoms with Crippen LogP contribution in [0.5, 0.6) is 11.5 Å². The van der Waals surface area contributed by atoms with Crippen molar-refractivity contribution in [1.29, 1.82) is 0 Å². The molecule has 0 aromatic heterocycles. The molecule has 3 aromatic carbocycles. The number of carbonyl (C=O) groups excluding carboxylic acids is 2. The number of aliphatic hydroxyl groups excluding tert-OH is 1.